The summed E-state index contributed by atoms with van der Waals surface area (Å²) in [5, 5.41) is 3.24. The number of benzene rings is 2. The summed E-state index contributed by atoms with van der Waals surface area (Å²) in [7, 11) is -3.49. The number of hydrogen-bond acceptors (Lipinski definition) is 4. The van der Waals surface area contributed by atoms with Gasteiger partial charge in [0.05, 0.1) is 21.5 Å². The Hall–Kier alpha value is -2.42. The van der Waals surface area contributed by atoms with Crippen LogP contribution in [0.25, 0.3) is 0 Å². The van der Waals surface area contributed by atoms with Crippen molar-refractivity contribution >= 4 is 44.8 Å². The second kappa shape index (κ2) is 8.37. The summed E-state index contributed by atoms with van der Waals surface area (Å²) in [6.45, 7) is 1.33. The minimum atomic E-state index is -3.49. The molecule has 2 fully saturated rings. The van der Waals surface area contributed by atoms with Gasteiger partial charge in [0.1, 0.15) is 0 Å². The quantitative estimate of drug-likeness (QED) is 0.762. The van der Waals surface area contributed by atoms with E-state index in [9.17, 15) is 18.0 Å². The molecule has 2 aliphatic heterocycles. The normalized spacial score (nSPS) is 20.0. The molecule has 2 heterocycles. The summed E-state index contributed by atoms with van der Waals surface area (Å²) >= 11 is 6.18. The molecule has 4 rings (SSSR count). The molecule has 1 N–H and O–H groups in total. The van der Waals surface area contributed by atoms with Crippen molar-refractivity contribution in [2.24, 2.45) is 5.92 Å². The first-order valence-electron chi connectivity index (χ1n) is 9.82. The number of nitrogens with one attached hydrogen (secondary N) is 1. The van der Waals surface area contributed by atoms with Crippen LogP contribution < -0.4 is 10.2 Å². The Kier molecular flexibility index (Phi) is 5.81. The minimum Gasteiger partial charge on any atom is -0.326 e. The SMILES string of the molecule is O=C(Nc1ccc(S(=O)(=O)N2CCCC2)cc1)C1CC(=O)N(c2ccccc2Cl)C1. The van der Waals surface area contributed by atoms with E-state index in [1.165, 1.54) is 21.3 Å². The van der Waals surface area contributed by atoms with Crippen LogP contribution in [-0.4, -0.2) is 44.2 Å². The maximum Gasteiger partial charge on any atom is 0.243 e. The number of carbonyl (C=O) groups is 2. The molecule has 9 heteroatoms. The Morgan fingerprint density at radius 2 is 1.70 bits per heavy atom. The van der Waals surface area contributed by atoms with Crippen LogP contribution in [0.4, 0.5) is 11.4 Å². The topological polar surface area (TPSA) is 86.8 Å². The van der Waals surface area contributed by atoms with Gasteiger partial charge >= 0.3 is 0 Å². The maximum absolute atomic E-state index is 12.7. The number of anilines is 2. The summed E-state index contributed by atoms with van der Waals surface area (Å²) in [6.07, 6.45) is 1.84. The lowest BCUT2D eigenvalue weighted by atomic mass is 10.1. The van der Waals surface area contributed by atoms with E-state index >= 15 is 0 Å². The number of amides is 2. The van der Waals surface area contributed by atoms with Crippen molar-refractivity contribution in [2.75, 3.05) is 29.9 Å². The molecule has 2 amide bonds. The fourth-order valence-corrected chi connectivity index (χ4v) is 5.57. The third-order valence-corrected chi connectivity index (χ3v) is 7.70. The van der Waals surface area contributed by atoms with Crippen LogP contribution in [0.5, 0.6) is 0 Å². The van der Waals surface area contributed by atoms with Crippen LogP contribution in [0.1, 0.15) is 19.3 Å². The number of sulfonamides is 1. The lowest BCUT2D eigenvalue weighted by Crippen LogP contribution is -2.28. The summed E-state index contributed by atoms with van der Waals surface area (Å²) in [5.41, 5.74) is 1.08. The molecule has 0 aromatic heterocycles. The van der Waals surface area contributed by atoms with Crippen LogP contribution in [0.2, 0.25) is 5.02 Å². The predicted octanol–water partition coefficient (Wildman–Crippen LogP) is 3.12. The molecular formula is C21H22ClN3O4S. The lowest BCUT2D eigenvalue weighted by Gasteiger charge is -2.18. The average Bonchev–Trinajstić information content (AvgIpc) is 3.39. The van der Waals surface area contributed by atoms with Gasteiger partial charge in [-0.3, -0.25) is 9.59 Å². The summed E-state index contributed by atoms with van der Waals surface area (Å²) < 4.78 is 26.7. The van der Waals surface area contributed by atoms with Crippen molar-refractivity contribution in [3.05, 3.63) is 53.6 Å². The smallest absolute Gasteiger partial charge is 0.243 e. The van der Waals surface area contributed by atoms with Gasteiger partial charge in [0.25, 0.3) is 0 Å². The highest BCUT2D eigenvalue weighted by molar-refractivity contribution is 7.89. The summed E-state index contributed by atoms with van der Waals surface area (Å²) in [4.78, 5) is 26.8. The molecule has 7 nitrogen and oxygen atoms in total. The van der Waals surface area contributed by atoms with E-state index in [0.29, 0.717) is 29.5 Å². The molecule has 0 radical (unpaired) electrons. The number of halogens is 1. The van der Waals surface area contributed by atoms with Crippen molar-refractivity contribution in [1.82, 2.24) is 4.31 Å². The Labute approximate surface area is 180 Å². The molecule has 0 aliphatic carbocycles. The third-order valence-electron chi connectivity index (χ3n) is 5.46. The van der Waals surface area contributed by atoms with Crippen LogP contribution in [0, 0.1) is 5.92 Å². The van der Waals surface area contributed by atoms with Crippen LogP contribution >= 0.6 is 11.6 Å². The highest BCUT2D eigenvalue weighted by Gasteiger charge is 2.36. The molecule has 1 atom stereocenters. The van der Waals surface area contributed by atoms with Crippen molar-refractivity contribution in [3.63, 3.8) is 0 Å². The number of para-hydroxylation sites is 1. The highest BCUT2D eigenvalue weighted by Crippen LogP contribution is 2.31. The van der Waals surface area contributed by atoms with E-state index in [1.54, 1.807) is 36.4 Å². The largest absolute Gasteiger partial charge is 0.326 e. The fraction of sp³-hybridized carbons (Fsp3) is 0.333. The molecule has 2 aliphatic rings. The number of nitrogens with zero attached hydrogens (tertiary/aromatic N) is 2. The fourth-order valence-electron chi connectivity index (χ4n) is 3.82. The van der Waals surface area contributed by atoms with Crippen molar-refractivity contribution in [2.45, 2.75) is 24.2 Å². The van der Waals surface area contributed by atoms with Crippen molar-refractivity contribution in [3.8, 4) is 0 Å². The zero-order valence-corrected chi connectivity index (χ0v) is 17.8. The third kappa shape index (κ3) is 4.08. The monoisotopic (exact) mass is 447 g/mol. The standard InChI is InChI=1S/C21H22ClN3O4S/c22-18-5-1-2-6-19(18)25-14-15(13-20(25)26)21(27)23-16-7-9-17(10-8-16)30(28,29)24-11-3-4-12-24/h1-2,5-10,15H,3-4,11-14H2,(H,23,27). The van der Waals surface area contributed by atoms with Gasteiger partial charge in [0, 0.05) is 31.7 Å². The summed E-state index contributed by atoms with van der Waals surface area (Å²) in [5.74, 6) is -0.954. The van der Waals surface area contributed by atoms with Crippen molar-refractivity contribution in [1.29, 1.82) is 0 Å². The molecule has 2 aromatic carbocycles. The van der Waals surface area contributed by atoms with Gasteiger partial charge in [-0.15, -0.1) is 0 Å². The van der Waals surface area contributed by atoms with Crippen LogP contribution in [-0.2, 0) is 19.6 Å². The second-order valence-electron chi connectivity index (χ2n) is 7.48. The number of hydrogen-bond donors (Lipinski definition) is 1. The number of carbonyl (C=O) groups excluding carboxylic acids is 2. The molecule has 2 saturated heterocycles. The molecule has 1 unspecified atom stereocenters. The Morgan fingerprint density at radius 3 is 2.37 bits per heavy atom. The molecule has 30 heavy (non-hydrogen) atoms. The first-order chi connectivity index (χ1) is 14.4. The van der Waals surface area contributed by atoms with E-state index in [4.69, 9.17) is 11.6 Å². The average molecular weight is 448 g/mol. The predicted molar refractivity (Wildman–Crippen MR) is 115 cm³/mol. The molecule has 0 saturated carbocycles. The molecular weight excluding hydrogens is 426 g/mol. The van der Waals surface area contributed by atoms with Gasteiger partial charge in [-0.05, 0) is 49.2 Å². The highest BCUT2D eigenvalue weighted by atomic mass is 35.5. The molecule has 2 aromatic rings. The van der Waals surface area contributed by atoms with Crippen molar-refractivity contribution < 1.29 is 18.0 Å². The maximum atomic E-state index is 12.7. The summed E-state index contributed by atoms with van der Waals surface area (Å²) in [6, 6.07) is 13.2. The first kappa shape index (κ1) is 20.8. The van der Waals surface area contributed by atoms with Gasteiger partial charge in [0.15, 0.2) is 0 Å². The van der Waals surface area contributed by atoms with Gasteiger partial charge in [-0.1, -0.05) is 23.7 Å². The zero-order valence-electron chi connectivity index (χ0n) is 16.3. The lowest BCUT2D eigenvalue weighted by molar-refractivity contribution is -0.122. The second-order valence-corrected chi connectivity index (χ2v) is 9.83. The van der Waals surface area contributed by atoms with Gasteiger partial charge in [0.2, 0.25) is 21.8 Å². The first-order valence-corrected chi connectivity index (χ1v) is 11.6. The van der Waals surface area contributed by atoms with Gasteiger partial charge in [-0.25, -0.2) is 8.42 Å². The van der Waals surface area contributed by atoms with Gasteiger partial charge < -0.3 is 10.2 Å². The van der Waals surface area contributed by atoms with Gasteiger partial charge in [-0.2, -0.15) is 4.31 Å². The Balaban J connectivity index is 1.42. The minimum absolute atomic E-state index is 0.0957. The van der Waals surface area contributed by atoms with E-state index in [1.807, 2.05) is 0 Å². The van der Waals surface area contributed by atoms with E-state index < -0.39 is 15.9 Å². The van der Waals surface area contributed by atoms with E-state index in [0.717, 1.165) is 12.8 Å². The molecule has 0 spiro atoms. The van der Waals surface area contributed by atoms with Crippen LogP contribution in [0.15, 0.2) is 53.4 Å². The van der Waals surface area contributed by atoms with E-state index in [2.05, 4.69) is 5.32 Å². The zero-order chi connectivity index (χ0) is 21.3. The Bertz CT molecular complexity index is 1070. The number of rotatable bonds is 5. The molecule has 0 bridgehead atoms. The van der Waals surface area contributed by atoms with E-state index in [-0.39, 0.29) is 29.7 Å². The Morgan fingerprint density at radius 1 is 1.03 bits per heavy atom. The van der Waals surface area contributed by atoms with Crippen LogP contribution in [0.3, 0.4) is 0 Å². The molecule has 158 valence electrons.